The molecular weight excluding hydrogens is 302 g/mol. The first-order chi connectivity index (χ1) is 11.5. The number of aryl methyl sites for hydroxylation is 2. The minimum atomic E-state index is -0.243. The molecule has 0 bridgehead atoms. The lowest BCUT2D eigenvalue weighted by Crippen LogP contribution is -2.28. The number of hydrogen-bond donors (Lipinski definition) is 1. The van der Waals surface area contributed by atoms with Gasteiger partial charge in [-0.25, -0.2) is 4.98 Å². The fraction of sp³-hybridized carbons (Fsp3) is 0.222. The number of hydrogen-bond acceptors (Lipinski definition) is 4. The summed E-state index contributed by atoms with van der Waals surface area (Å²) in [7, 11) is 0. The number of aromatic nitrogens is 4. The highest BCUT2D eigenvalue weighted by atomic mass is 16.2. The molecule has 24 heavy (non-hydrogen) atoms. The number of nitrogens with one attached hydrogen (secondary N) is 1. The van der Waals surface area contributed by atoms with Gasteiger partial charge < -0.3 is 5.32 Å². The Hall–Kier alpha value is -3.02. The molecule has 1 amide bonds. The van der Waals surface area contributed by atoms with E-state index >= 15 is 0 Å². The predicted octanol–water partition coefficient (Wildman–Crippen LogP) is 2.77. The van der Waals surface area contributed by atoms with Crippen LogP contribution in [0.5, 0.6) is 0 Å². The van der Waals surface area contributed by atoms with E-state index in [0.717, 1.165) is 11.1 Å². The fourth-order valence-corrected chi connectivity index (χ4v) is 2.55. The minimum Gasteiger partial charge on any atom is -0.344 e. The average Bonchev–Trinajstić information content (AvgIpc) is 3.11. The van der Waals surface area contributed by atoms with Crippen LogP contribution in [-0.2, 0) is 0 Å². The Morgan fingerprint density at radius 3 is 2.67 bits per heavy atom. The lowest BCUT2D eigenvalue weighted by Gasteiger charge is -2.17. The number of rotatable bonds is 4. The van der Waals surface area contributed by atoms with Gasteiger partial charge in [-0.05, 0) is 44.0 Å². The molecular formula is C18H19N5O. The molecule has 0 aliphatic rings. The summed E-state index contributed by atoms with van der Waals surface area (Å²) in [5, 5.41) is 11.1. The Morgan fingerprint density at radius 2 is 2.00 bits per heavy atom. The molecule has 1 N–H and O–H groups in total. The van der Waals surface area contributed by atoms with Crippen molar-refractivity contribution in [3.63, 3.8) is 0 Å². The molecule has 3 aromatic rings. The standard InChI is InChI=1S/C18H19N5O/c1-12-4-5-13(2)15(10-12)14(3)20-18(24)16-6-7-17(22-21-16)23-9-8-19-11-23/h4-11,14H,1-3H3,(H,20,24). The first kappa shape index (κ1) is 15.9. The molecule has 1 unspecified atom stereocenters. The maximum absolute atomic E-state index is 12.4. The van der Waals surface area contributed by atoms with Gasteiger partial charge in [-0.3, -0.25) is 9.36 Å². The maximum atomic E-state index is 12.4. The molecule has 2 aromatic heterocycles. The SMILES string of the molecule is Cc1ccc(C)c(C(C)NC(=O)c2ccc(-n3ccnc3)nn2)c1. The van der Waals surface area contributed by atoms with Crippen LogP contribution < -0.4 is 5.32 Å². The molecule has 0 radical (unpaired) electrons. The number of carbonyl (C=O) groups is 1. The molecule has 3 rings (SSSR count). The largest absolute Gasteiger partial charge is 0.344 e. The second-order valence-corrected chi connectivity index (χ2v) is 5.80. The van der Waals surface area contributed by atoms with Crippen LogP contribution in [0.3, 0.4) is 0 Å². The maximum Gasteiger partial charge on any atom is 0.272 e. The Balaban J connectivity index is 1.73. The fourth-order valence-electron chi connectivity index (χ4n) is 2.55. The van der Waals surface area contributed by atoms with Gasteiger partial charge in [-0.1, -0.05) is 23.8 Å². The average molecular weight is 321 g/mol. The van der Waals surface area contributed by atoms with Gasteiger partial charge in [0.25, 0.3) is 5.91 Å². The van der Waals surface area contributed by atoms with Crippen molar-refractivity contribution < 1.29 is 4.79 Å². The first-order valence-corrected chi connectivity index (χ1v) is 7.74. The van der Waals surface area contributed by atoms with Crippen LogP contribution in [0.25, 0.3) is 5.82 Å². The van der Waals surface area contributed by atoms with Gasteiger partial charge in [-0.2, -0.15) is 0 Å². The molecule has 6 nitrogen and oxygen atoms in total. The summed E-state index contributed by atoms with van der Waals surface area (Å²) < 4.78 is 1.73. The van der Waals surface area contributed by atoms with Crippen molar-refractivity contribution >= 4 is 5.91 Å². The van der Waals surface area contributed by atoms with Crippen LogP contribution >= 0.6 is 0 Å². The number of carbonyl (C=O) groups excluding carboxylic acids is 1. The highest BCUT2D eigenvalue weighted by Crippen LogP contribution is 2.19. The molecule has 122 valence electrons. The summed E-state index contributed by atoms with van der Waals surface area (Å²) in [4.78, 5) is 16.3. The zero-order valence-electron chi connectivity index (χ0n) is 13.9. The summed E-state index contributed by atoms with van der Waals surface area (Å²) in [5.41, 5.74) is 3.71. The number of benzene rings is 1. The van der Waals surface area contributed by atoms with Gasteiger partial charge in [0.2, 0.25) is 0 Å². The molecule has 0 aliphatic carbocycles. The van der Waals surface area contributed by atoms with Crippen LogP contribution in [0, 0.1) is 13.8 Å². The highest BCUT2D eigenvalue weighted by Gasteiger charge is 2.15. The van der Waals surface area contributed by atoms with Crippen LogP contribution in [0.2, 0.25) is 0 Å². The third-order valence-corrected chi connectivity index (χ3v) is 3.90. The van der Waals surface area contributed by atoms with Crippen LogP contribution in [0.15, 0.2) is 49.1 Å². The van der Waals surface area contributed by atoms with E-state index in [1.807, 2.05) is 20.8 Å². The second kappa shape index (κ2) is 6.62. The van der Waals surface area contributed by atoms with Crippen molar-refractivity contribution in [1.29, 1.82) is 0 Å². The van der Waals surface area contributed by atoms with Crippen molar-refractivity contribution in [3.05, 3.63) is 71.4 Å². The van der Waals surface area contributed by atoms with Crippen LogP contribution in [0.1, 0.15) is 40.1 Å². The van der Waals surface area contributed by atoms with Crippen molar-refractivity contribution in [3.8, 4) is 5.82 Å². The van der Waals surface area contributed by atoms with E-state index in [2.05, 4.69) is 38.7 Å². The monoisotopic (exact) mass is 321 g/mol. The summed E-state index contributed by atoms with van der Waals surface area (Å²) in [5.74, 6) is 0.375. The van der Waals surface area contributed by atoms with E-state index in [1.54, 1.807) is 35.4 Å². The van der Waals surface area contributed by atoms with E-state index < -0.39 is 0 Å². The van der Waals surface area contributed by atoms with Gasteiger partial charge in [-0.15, -0.1) is 10.2 Å². The number of nitrogens with zero attached hydrogens (tertiary/aromatic N) is 4. The third kappa shape index (κ3) is 3.32. The quantitative estimate of drug-likeness (QED) is 0.802. The van der Waals surface area contributed by atoms with E-state index in [0.29, 0.717) is 5.82 Å². The lowest BCUT2D eigenvalue weighted by molar-refractivity contribution is 0.0933. The van der Waals surface area contributed by atoms with Gasteiger partial charge >= 0.3 is 0 Å². The number of imidazole rings is 1. The third-order valence-electron chi connectivity index (χ3n) is 3.90. The van der Waals surface area contributed by atoms with E-state index in [1.165, 1.54) is 5.56 Å². The van der Waals surface area contributed by atoms with Crippen LogP contribution in [-0.4, -0.2) is 25.7 Å². The molecule has 0 spiro atoms. The minimum absolute atomic E-state index is 0.104. The van der Waals surface area contributed by atoms with Gasteiger partial charge in [0.1, 0.15) is 6.33 Å². The highest BCUT2D eigenvalue weighted by molar-refractivity contribution is 5.92. The number of amides is 1. The van der Waals surface area contributed by atoms with Gasteiger partial charge in [0.15, 0.2) is 11.5 Å². The summed E-state index contributed by atoms with van der Waals surface area (Å²) in [6, 6.07) is 9.52. The van der Waals surface area contributed by atoms with Crippen LogP contribution in [0.4, 0.5) is 0 Å². The Bertz CT molecular complexity index is 840. The molecule has 0 saturated carbocycles. The zero-order chi connectivity index (χ0) is 17.1. The molecule has 1 aromatic carbocycles. The van der Waals surface area contributed by atoms with Gasteiger partial charge in [0, 0.05) is 12.4 Å². The second-order valence-electron chi connectivity index (χ2n) is 5.80. The van der Waals surface area contributed by atoms with E-state index in [9.17, 15) is 4.79 Å². The molecule has 0 saturated heterocycles. The zero-order valence-corrected chi connectivity index (χ0v) is 13.9. The predicted molar refractivity (Wildman–Crippen MR) is 91.0 cm³/mol. The Morgan fingerprint density at radius 1 is 1.17 bits per heavy atom. The Labute approximate surface area is 140 Å². The normalized spacial score (nSPS) is 12.0. The molecule has 2 heterocycles. The molecule has 6 heteroatoms. The van der Waals surface area contributed by atoms with Crippen molar-refractivity contribution in [1.82, 2.24) is 25.1 Å². The van der Waals surface area contributed by atoms with Crippen molar-refractivity contribution in [2.24, 2.45) is 0 Å². The molecule has 0 aliphatic heterocycles. The summed E-state index contributed by atoms with van der Waals surface area (Å²) >= 11 is 0. The van der Waals surface area contributed by atoms with Crippen molar-refractivity contribution in [2.45, 2.75) is 26.8 Å². The van der Waals surface area contributed by atoms with E-state index in [-0.39, 0.29) is 17.6 Å². The lowest BCUT2D eigenvalue weighted by atomic mass is 10.00. The van der Waals surface area contributed by atoms with Gasteiger partial charge in [0.05, 0.1) is 6.04 Å². The van der Waals surface area contributed by atoms with Crippen molar-refractivity contribution in [2.75, 3.05) is 0 Å². The summed E-state index contributed by atoms with van der Waals surface area (Å²) in [6.45, 7) is 6.04. The summed E-state index contributed by atoms with van der Waals surface area (Å²) in [6.07, 6.45) is 5.06. The topological polar surface area (TPSA) is 72.7 Å². The Kier molecular flexibility index (Phi) is 4.37. The van der Waals surface area contributed by atoms with E-state index in [4.69, 9.17) is 0 Å². The molecule has 1 atom stereocenters. The smallest absolute Gasteiger partial charge is 0.272 e. The molecule has 0 fully saturated rings. The first-order valence-electron chi connectivity index (χ1n) is 7.74.